The van der Waals surface area contributed by atoms with Crippen molar-refractivity contribution < 1.29 is 4.52 Å². The molecule has 3 aliphatic heterocycles. The van der Waals surface area contributed by atoms with Crippen LogP contribution in [-0.2, 0) is 13.1 Å². The fraction of sp³-hybridized carbons (Fsp3) is 0.533. The quantitative estimate of drug-likeness (QED) is 0.827. The SMILES string of the molecule is Cc1noc(CN2C3CC2CN(Cc2ccc(Br)cn2)C3)n1. The third-order valence-electron chi connectivity index (χ3n) is 4.48. The van der Waals surface area contributed by atoms with Crippen molar-refractivity contribution in [3.05, 3.63) is 40.2 Å². The van der Waals surface area contributed by atoms with Gasteiger partial charge in [0, 0.05) is 42.4 Å². The van der Waals surface area contributed by atoms with Crippen LogP contribution < -0.4 is 0 Å². The molecule has 2 atom stereocenters. The van der Waals surface area contributed by atoms with Crippen LogP contribution in [-0.4, -0.2) is 50.1 Å². The van der Waals surface area contributed by atoms with Gasteiger partial charge in [0.2, 0.25) is 5.89 Å². The summed E-state index contributed by atoms with van der Waals surface area (Å²) in [6, 6.07) is 5.34. The fourth-order valence-corrected chi connectivity index (χ4v) is 3.69. The average molecular weight is 364 g/mol. The Bertz CT molecular complexity index is 646. The Kier molecular flexibility index (Phi) is 3.71. The maximum atomic E-state index is 5.24. The normalized spacial score (nSPS) is 25.2. The summed E-state index contributed by atoms with van der Waals surface area (Å²) in [4.78, 5) is 13.7. The number of aryl methyl sites for hydroxylation is 1. The van der Waals surface area contributed by atoms with Crippen LogP contribution in [0, 0.1) is 6.92 Å². The highest BCUT2D eigenvalue weighted by atomic mass is 79.9. The van der Waals surface area contributed by atoms with Crippen molar-refractivity contribution in [2.24, 2.45) is 0 Å². The molecule has 0 amide bonds. The van der Waals surface area contributed by atoms with Crippen molar-refractivity contribution >= 4 is 15.9 Å². The maximum absolute atomic E-state index is 5.24. The Morgan fingerprint density at radius 1 is 1.27 bits per heavy atom. The molecule has 22 heavy (non-hydrogen) atoms. The second-order valence-corrected chi connectivity index (χ2v) is 7.03. The maximum Gasteiger partial charge on any atom is 0.240 e. The molecule has 116 valence electrons. The number of rotatable bonds is 4. The zero-order valence-corrected chi connectivity index (χ0v) is 14.0. The van der Waals surface area contributed by atoms with E-state index in [1.807, 2.05) is 13.1 Å². The smallest absolute Gasteiger partial charge is 0.240 e. The summed E-state index contributed by atoms with van der Waals surface area (Å²) >= 11 is 3.43. The van der Waals surface area contributed by atoms with E-state index in [0.29, 0.717) is 17.9 Å². The Morgan fingerprint density at radius 3 is 2.73 bits per heavy atom. The summed E-state index contributed by atoms with van der Waals surface area (Å²) in [6.07, 6.45) is 3.14. The third-order valence-corrected chi connectivity index (χ3v) is 4.95. The van der Waals surface area contributed by atoms with Crippen molar-refractivity contribution in [3.63, 3.8) is 0 Å². The predicted molar refractivity (Wildman–Crippen MR) is 84.0 cm³/mol. The first-order chi connectivity index (χ1) is 10.7. The molecular weight excluding hydrogens is 346 g/mol. The molecule has 2 aromatic rings. The summed E-state index contributed by atoms with van der Waals surface area (Å²) < 4.78 is 6.27. The van der Waals surface area contributed by atoms with Gasteiger partial charge in [0.25, 0.3) is 0 Å². The van der Waals surface area contributed by atoms with E-state index in [9.17, 15) is 0 Å². The molecule has 5 rings (SSSR count). The Labute approximate surface area is 137 Å². The minimum Gasteiger partial charge on any atom is -0.338 e. The van der Waals surface area contributed by atoms with Gasteiger partial charge in [-0.15, -0.1) is 0 Å². The molecule has 3 aliphatic rings. The topological polar surface area (TPSA) is 58.3 Å². The molecule has 2 bridgehead atoms. The zero-order chi connectivity index (χ0) is 15.1. The van der Waals surface area contributed by atoms with E-state index >= 15 is 0 Å². The predicted octanol–water partition coefficient (Wildman–Crippen LogP) is 1.99. The van der Waals surface area contributed by atoms with Crippen LogP contribution in [0.2, 0.25) is 0 Å². The zero-order valence-electron chi connectivity index (χ0n) is 12.4. The molecule has 2 aromatic heterocycles. The Morgan fingerprint density at radius 2 is 2.09 bits per heavy atom. The Balaban J connectivity index is 1.35. The van der Waals surface area contributed by atoms with Crippen LogP contribution in [0.3, 0.4) is 0 Å². The minimum absolute atomic E-state index is 0.599. The second kappa shape index (κ2) is 5.72. The summed E-state index contributed by atoms with van der Waals surface area (Å²) in [5.74, 6) is 1.44. The molecule has 0 aromatic carbocycles. The minimum atomic E-state index is 0.599. The van der Waals surface area contributed by atoms with Gasteiger partial charge in [0.05, 0.1) is 12.2 Å². The van der Waals surface area contributed by atoms with E-state index in [0.717, 1.165) is 42.2 Å². The molecule has 3 saturated heterocycles. The number of nitrogens with zero attached hydrogens (tertiary/aromatic N) is 5. The summed E-state index contributed by atoms with van der Waals surface area (Å²) in [7, 11) is 0. The molecule has 7 heteroatoms. The second-order valence-electron chi connectivity index (χ2n) is 6.11. The van der Waals surface area contributed by atoms with Gasteiger partial charge in [0.15, 0.2) is 5.82 Å². The van der Waals surface area contributed by atoms with Crippen molar-refractivity contribution in [2.45, 2.75) is 38.5 Å². The number of piperidine rings is 1. The van der Waals surface area contributed by atoms with Crippen LogP contribution in [0.25, 0.3) is 0 Å². The Hall–Kier alpha value is -1.31. The lowest BCUT2D eigenvalue weighted by molar-refractivity contribution is -0.0821. The molecule has 0 radical (unpaired) electrons. The number of fused-ring (bicyclic) bond motifs is 2. The highest BCUT2D eigenvalue weighted by molar-refractivity contribution is 9.10. The average Bonchev–Trinajstić information content (AvgIpc) is 2.93. The standard InChI is InChI=1S/C15H18BrN5O/c1-10-18-15(22-19-10)9-21-13-4-14(21)8-20(7-13)6-12-3-2-11(16)5-17-12/h2-3,5,13-14H,4,6-9H2,1H3. The van der Waals surface area contributed by atoms with Gasteiger partial charge in [-0.1, -0.05) is 5.16 Å². The van der Waals surface area contributed by atoms with Gasteiger partial charge in [0.1, 0.15) is 0 Å². The van der Waals surface area contributed by atoms with Crippen molar-refractivity contribution in [3.8, 4) is 0 Å². The number of pyridine rings is 1. The van der Waals surface area contributed by atoms with E-state index < -0.39 is 0 Å². The van der Waals surface area contributed by atoms with Crippen molar-refractivity contribution in [1.82, 2.24) is 24.9 Å². The first kappa shape index (κ1) is 14.3. The number of aromatic nitrogens is 3. The van der Waals surface area contributed by atoms with Crippen LogP contribution in [0.15, 0.2) is 27.3 Å². The molecule has 3 fully saturated rings. The number of hydrogen-bond donors (Lipinski definition) is 0. The first-order valence-corrected chi connectivity index (χ1v) is 8.34. The van der Waals surface area contributed by atoms with Gasteiger partial charge < -0.3 is 4.52 Å². The number of hydrogen-bond acceptors (Lipinski definition) is 6. The van der Waals surface area contributed by atoms with Gasteiger partial charge in [-0.3, -0.25) is 14.8 Å². The monoisotopic (exact) mass is 363 g/mol. The third kappa shape index (κ3) is 2.80. The molecule has 5 heterocycles. The molecule has 2 unspecified atom stereocenters. The van der Waals surface area contributed by atoms with E-state index in [4.69, 9.17) is 4.52 Å². The van der Waals surface area contributed by atoms with Crippen molar-refractivity contribution in [1.29, 1.82) is 0 Å². The highest BCUT2D eigenvalue weighted by Gasteiger charge is 2.44. The van der Waals surface area contributed by atoms with Crippen LogP contribution in [0.1, 0.15) is 23.8 Å². The van der Waals surface area contributed by atoms with Gasteiger partial charge >= 0.3 is 0 Å². The van der Waals surface area contributed by atoms with Crippen LogP contribution in [0.4, 0.5) is 0 Å². The lowest BCUT2D eigenvalue weighted by Gasteiger charge is -2.56. The number of halogens is 1. The highest BCUT2D eigenvalue weighted by Crippen LogP contribution is 2.34. The van der Waals surface area contributed by atoms with Crippen LogP contribution >= 0.6 is 15.9 Å². The molecule has 6 nitrogen and oxygen atoms in total. The van der Waals surface area contributed by atoms with Crippen molar-refractivity contribution in [2.75, 3.05) is 13.1 Å². The van der Waals surface area contributed by atoms with Crippen LogP contribution in [0.5, 0.6) is 0 Å². The van der Waals surface area contributed by atoms with E-state index in [2.05, 4.69) is 53.0 Å². The summed E-state index contributed by atoms with van der Waals surface area (Å²) in [6.45, 7) is 5.73. The number of piperazine rings is 1. The lowest BCUT2D eigenvalue weighted by atomic mass is 9.87. The molecule has 0 aliphatic carbocycles. The molecule has 0 N–H and O–H groups in total. The molecule has 0 spiro atoms. The largest absolute Gasteiger partial charge is 0.338 e. The lowest BCUT2D eigenvalue weighted by Crippen LogP contribution is -2.67. The van der Waals surface area contributed by atoms with E-state index in [1.54, 1.807) is 0 Å². The van der Waals surface area contributed by atoms with Gasteiger partial charge in [-0.2, -0.15) is 4.98 Å². The summed E-state index contributed by atoms with van der Waals surface area (Å²) in [5.41, 5.74) is 1.13. The molecular formula is C15H18BrN5O. The molecule has 0 saturated carbocycles. The van der Waals surface area contributed by atoms with Gasteiger partial charge in [-0.25, -0.2) is 0 Å². The van der Waals surface area contributed by atoms with E-state index in [1.165, 1.54) is 6.42 Å². The van der Waals surface area contributed by atoms with E-state index in [-0.39, 0.29) is 0 Å². The fourth-order valence-electron chi connectivity index (χ4n) is 3.45. The first-order valence-electron chi connectivity index (χ1n) is 7.55. The van der Waals surface area contributed by atoms with Gasteiger partial charge in [-0.05, 0) is 41.4 Å². The summed E-state index contributed by atoms with van der Waals surface area (Å²) in [5, 5.41) is 3.86.